The zero-order valence-corrected chi connectivity index (χ0v) is 7.54. The molecule has 0 bridgehead atoms. The number of aliphatic hydroxyl groups is 1. The molecule has 2 nitrogen and oxygen atoms in total. The predicted octanol–water partition coefficient (Wildman–Crippen LogP) is 1.57. The maximum absolute atomic E-state index is 9.41. The summed E-state index contributed by atoms with van der Waals surface area (Å²) in [6, 6.07) is 0. The maximum atomic E-state index is 9.41. The molecule has 2 atom stereocenters. The third kappa shape index (κ3) is 1.80. The van der Waals surface area contributed by atoms with Crippen molar-refractivity contribution in [2.24, 2.45) is 11.8 Å². The van der Waals surface area contributed by atoms with Gasteiger partial charge in [-0.2, -0.15) is 0 Å². The van der Waals surface area contributed by atoms with Crippen molar-refractivity contribution < 1.29 is 9.84 Å². The van der Waals surface area contributed by atoms with Crippen molar-refractivity contribution in [3.8, 4) is 0 Å². The maximum Gasteiger partial charge on any atom is 0.0568 e. The SMILES string of the molecule is OC1CCC1CC1CCOCC1. The Morgan fingerprint density at radius 1 is 1.08 bits per heavy atom. The molecular weight excluding hydrogens is 152 g/mol. The lowest BCUT2D eigenvalue weighted by atomic mass is 9.75. The standard InChI is InChI=1S/C10H18O2/c11-10-2-1-9(10)7-8-3-5-12-6-4-8/h8-11H,1-7H2. The minimum Gasteiger partial charge on any atom is -0.393 e. The van der Waals surface area contributed by atoms with E-state index in [1.807, 2.05) is 0 Å². The van der Waals surface area contributed by atoms with E-state index in [2.05, 4.69) is 0 Å². The quantitative estimate of drug-likeness (QED) is 0.681. The molecule has 2 aliphatic rings. The van der Waals surface area contributed by atoms with Crippen molar-refractivity contribution in [3.05, 3.63) is 0 Å². The first-order chi connectivity index (χ1) is 5.86. The van der Waals surface area contributed by atoms with Gasteiger partial charge in [-0.25, -0.2) is 0 Å². The molecule has 2 unspecified atom stereocenters. The second kappa shape index (κ2) is 3.75. The fourth-order valence-corrected chi connectivity index (χ4v) is 2.24. The molecule has 0 amide bonds. The Morgan fingerprint density at radius 2 is 1.83 bits per heavy atom. The van der Waals surface area contributed by atoms with E-state index in [9.17, 15) is 5.11 Å². The third-order valence-corrected chi connectivity index (χ3v) is 3.35. The van der Waals surface area contributed by atoms with Gasteiger partial charge in [0.1, 0.15) is 0 Å². The summed E-state index contributed by atoms with van der Waals surface area (Å²) in [4.78, 5) is 0. The second-order valence-corrected chi connectivity index (χ2v) is 4.20. The van der Waals surface area contributed by atoms with Crippen LogP contribution in [0.1, 0.15) is 32.1 Å². The molecule has 1 aliphatic heterocycles. The Labute approximate surface area is 73.9 Å². The fourth-order valence-electron chi connectivity index (χ4n) is 2.24. The van der Waals surface area contributed by atoms with Gasteiger partial charge in [-0.05, 0) is 43.9 Å². The molecule has 1 heterocycles. The third-order valence-electron chi connectivity index (χ3n) is 3.35. The minimum atomic E-state index is 0.0212. The van der Waals surface area contributed by atoms with Crippen molar-refractivity contribution in [2.75, 3.05) is 13.2 Å². The molecule has 0 spiro atoms. The Balaban J connectivity index is 1.70. The van der Waals surface area contributed by atoms with Crippen LogP contribution in [-0.2, 0) is 4.74 Å². The highest BCUT2D eigenvalue weighted by atomic mass is 16.5. The number of hydrogen-bond donors (Lipinski definition) is 1. The van der Waals surface area contributed by atoms with E-state index in [4.69, 9.17) is 4.74 Å². The lowest BCUT2D eigenvalue weighted by Crippen LogP contribution is -2.33. The molecule has 1 saturated heterocycles. The summed E-state index contributed by atoms with van der Waals surface area (Å²) < 4.78 is 5.30. The van der Waals surface area contributed by atoms with Crippen molar-refractivity contribution in [1.29, 1.82) is 0 Å². The molecule has 0 aromatic heterocycles. The molecule has 1 aliphatic carbocycles. The van der Waals surface area contributed by atoms with Crippen LogP contribution in [0.15, 0.2) is 0 Å². The average Bonchev–Trinajstić information content (AvgIpc) is 2.14. The summed E-state index contributed by atoms with van der Waals surface area (Å²) in [5.74, 6) is 1.45. The van der Waals surface area contributed by atoms with E-state index in [0.29, 0.717) is 5.92 Å². The highest BCUT2D eigenvalue weighted by Crippen LogP contribution is 2.35. The number of ether oxygens (including phenoxy) is 1. The largest absolute Gasteiger partial charge is 0.393 e. The first-order valence-corrected chi connectivity index (χ1v) is 5.12. The van der Waals surface area contributed by atoms with Gasteiger partial charge in [0, 0.05) is 13.2 Å². The summed E-state index contributed by atoms with van der Waals surface area (Å²) in [6.45, 7) is 1.88. The van der Waals surface area contributed by atoms with Crippen LogP contribution in [0.2, 0.25) is 0 Å². The van der Waals surface area contributed by atoms with Gasteiger partial charge in [0.2, 0.25) is 0 Å². The molecule has 1 N–H and O–H groups in total. The van der Waals surface area contributed by atoms with Crippen molar-refractivity contribution in [2.45, 2.75) is 38.2 Å². The first-order valence-electron chi connectivity index (χ1n) is 5.12. The minimum absolute atomic E-state index is 0.0212. The highest BCUT2D eigenvalue weighted by Gasteiger charge is 2.31. The molecule has 70 valence electrons. The van der Waals surface area contributed by atoms with Gasteiger partial charge >= 0.3 is 0 Å². The summed E-state index contributed by atoms with van der Waals surface area (Å²) in [7, 11) is 0. The molecule has 0 aromatic carbocycles. The fraction of sp³-hybridized carbons (Fsp3) is 1.00. The van der Waals surface area contributed by atoms with Gasteiger partial charge in [-0.15, -0.1) is 0 Å². The van der Waals surface area contributed by atoms with Gasteiger partial charge in [0.05, 0.1) is 6.10 Å². The summed E-state index contributed by atoms with van der Waals surface area (Å²) in [5, 5.41) is 9.41. The topological polar surface area (TPSA) is 29.5 Å². The number of hydrogen-bond acceptors (Lipinski definition) is 2. The molecule has 2 rings (SSSR count). The van der Waals surface area contributed by atoms with Gasteiger partial charge in [-0.3, -0.25) is 0 Å². The number of rotatable bonds is 2. The molecule has 0 radical (unpaired) electrons. The normalized spacial score (nSPS) is 37.8. The summed E-state index contributed by atoms with van der Waals surface area (Å²) >= 11 is 0. The van der Waals surface area contributed by atoms with Crippen LogP contribution >= 0.6 is 0 Å². The van der Waals surface area contributed by atoms with E-state index < -0.39 is 0 Å². The van der Waals surface area contributed by atoms with E-state index in [1.54, 1.807) is 0 Å². The Kier molecular flexibility index (Phi) is 2.66. The average molecular weight is 170 g/mol. The summed E-state index contributed by atoms with van der Waals surface area (Å²) in [6.07, 6.45) is 5.97. The zero-order valence-electron chi connectivity index (χ0n) is 7.54. The van der Waals surface area contributed by atoms with Crippen LogP contribution in [0.3, 0.4) is 0 Å². The first kappa shape index (κ1) is 8.52. The van der Waals surface area contributed by atoms with Gasteiger partial charge in [0.25, 0.3) is 0 Å². The Hall–Kier alpha value is -0.0800. The summed E-state index contributed by atoms with van der Waals surface area (Å²) in [5.41, 5.74) is 0. The van der Waals surface area contributed by atoms with E-state index in [-0.39, 0.29) is 6.10 Å². The van der Waals surface area contributed by atoms with Crippen molar-refractivity contribution in [1.82, 2.24) is 0 Å². The van der Waals surface area contributed by atoms with Crippen LogP contribution in [0.25, 0.3) is 0 Å². The lowest BCUT2D eigenvalue weighted by Gasteiger charge is -2.36. The molecule has 1 saturated carbocycles. The van der Waals surface area contributed by atoms with Crippen LogP contribution in [-0.4, -0.2) is 24.4 Å². The van der Waals surface area contributed by atoms with E-state index in [0.717, 1.165) is 25.6 Å². The second-order valence-electron chi connectivity index (χ2n) is 4.20. The molecule has 2 fully saturated rings. The predicted molar refractivity (Wildman–Crippen MR) is 46.9 cm³/mol. The van der Waals surface area contributed by atoms with Crippen LogP contribution < -0.4 is 0 Å². The Morgan fingerprint density at radius 3 is 2.33 bits per heavy atom. The zero-order chi connectivity index (χ0) is 8.39. The van der Waals surface area contributed by atoms with E-state index in [1.165, 1.54) is 25.7 Å². The molecular formula is C10H18O2. The van der Waals surface area contributed by atoms with E-state index >= 15 is 0 Å². The van der Waals surface area contributed by atoms with Gasteiger partial charge in [0.15, 0.2) is 0 Å². The van der Waals surface area contributed by atoms with Crippen LogP contribution in [0, 0.1) is 11.8 Å². The molecule has 2 heteroatoms. The van der Waals surface area contributed by atoms with Crippen LogP contribution in [0.5, 0.6) is 0 Å². The monoisotopic (exact) mass is 170 g/mol. The number of aliphatic hydroxyl groups excluding tert-OH is 1. The van der Waals surface area contributed by atoms with Crippen LogP contribution in [0.4, 0.5) is 0 Å². The molecule has 12 heavy (non-hydrogen) atoms. The lowest BCUT2D eigenvalue weighted by molar-refractivity contribution is -0.00730. The Bertz CT molecular complexity index is 141. The van der Waals surface area contributed by atoms with Gasteiger partial charge in [-0.1, -0.05) is 0 Å². The van der Waals surface area contributed by atoms with Gasteiger partial charge < -0.3 is 9.84 Å². The van der Waals surface area contributed by atoms with Crippen molar-refractivity contribution >= 4 is 0 Å². The van der Waals surface area contributed by atoms with Crippen molar-refractivity contribution in [3.63, 3.8) is 0 Å². The highest BCUT2D eigenvalue weighted by molar-refractivity contribution is 4.82. The smallest absolute Gasteiger partial charge is 0.0568 e. The molecule has 0 aromatic rings.